The highest BCUT2D eigenvalue weighted by molar-refractivity contribution is 7.15. The van der Waals surface area contributed by atoms with Gasteiger partial charge in [0, 0.05) is 45.2 Å². The van der Waals surface area contributed by atoms with Crippen molar-refractivity contribution in [2.75, 3.05) is 31.1 Å². The first-order valence-electron chi connectivity index (χ1n) is 8.10. The molecule has 24 heavy (non-hydrogen) atoms. The molecule has 7 heteroatoms. The van der Waals surface area contributed by atoms with Crippen LogP contribution in [0.5, 0.6) is 0 Å². The zero-order valence-corrected chi connectivity index (χ0v) is 14.2. The fourth-order valence-electron chi connectivity index (χ4n) is 2.86. The van der Waals surface area contributed by atoms with Gasteiger partial charge in [-0.1, -0.05) is 46.8 Å². The minimum atomic E-state index is 0.847. The third-order valence-corrected chi connectivity index (χ3v) is 5.16. The lowest BCUT2D eigenvalue weighted by Gasteiger charge is -2.33. The summed E-state index contributed by atoms with van der Waals surface area (Å²) in [5.74, 6) is 0. The highest BCUT2D eigenvalue weighted by Crippen LogP contribution is 2.23. The van der Waals surface area contributed by atoms with E-state index in [4.69, 9.17) is 4.52 Å². The molecule has 2 aromatic heterocycles. The van der Waals surface area contributed by atoms with Crippen molar-refractivity contribution in [1.82, 2.24) is 20.3 Å². The molecule has 1 aliphatic heterocycles. The molecule has 3 aromatic rings. The third kappa shape index (κ3) is 3.63. The van der Waals surface area contributed by atoms with Gasteiger partial charge in [0.2, 0.25) is 5.13 Å². The van der Waals surface area contributed by atoms with Crippen molar-refractivity contribution in [1.29, 1.82) is 0 Å². The van der Waals surface area contributed by atoms with Crippen LogP contribution in [-0.4, -0.2) is 46.4 Å². The monoisotopic (exact) mass is 341 g/mol. The van der Waals surface area contributed by atoms with Gasteiger partial charge in [-0.25, -0.2) is 0 Å². The van der Waals surface area contributed by atoms with E-state index in [1.807, 2.05) is 12.1 Å². The molecule has 124 valence electrons. The molecule has 0 bridgehead atoms. The highest BCUT2D eigenvalue weighted by atomic mass is 32.1. The molecule has 0 saturated carbocycles. The number of aromatic nitrogens is 3. The molecule has 1 aromatic carbocycles. The number of piperazine rings is 1. The van der Waals surface area contributed by atoms with Crippen molar-refractivity contribution in [3.05, 3.63) is 58.9 Å². The van der Waals surface area contributed by atoms with Gasteiger partial charge in [-0.2, -0.15) is 0 Å². The van der Waals surface area contributed by atoms with Crippen molar-refractivity contribution in [3.63, 3.8) is 0 Å². The van der Waals surface area contributed by atoms with Crippen LogP contribution >= 0.6 is 11.3 Å². The number of benzene rings is 1. The van der Waals surface area contributed by atoms with Crippen LogP contribution in [-0.2, 0) is 13.0 Å². The molecule has 0 radical (unpaired) electrons. The number of rotatable bonds is 5. The Bertz CT molecular complexity index is 750. The Morgan fingerprint density at radius 1 is 1.00 bits per heavy atom. The van der Waals surface area contributed by atoms with Gasteiger partial charge in [0.15, 0.2) is 0 Å². The first-order valence-corrected chi connectivity index (χ1v) is 8.91. The van der Waals surface area contributed by atoms with Gasteiger partial charge in [-0.05, 0) is 5.56 Å². The maximum atomic E-state index is 4.89. The fourth-order valence-corrected chi connectivity index (χ4v) is 3.78. The minimum absolute atomic E-state index is 0.847. The van der Waals surface area contributed by atoms with Gasteiger partial charge < -0.3 is 9.42 Å². The standard InChI is InChI=1S/C17H19N5OS/c1-2-4-14(5-3-1)12-16-18-19-17(24-16)22-9-7-21(8-10-22)13-15-6-11-23-20-15/h1-6,11H,7-10,12-13H2. The Morgan fingerprint density at radius 3 is 2.58 bits per heavy atom. The van der Waals surface area contributed by atoms with Crippen LogP contribution in [0.4, 0.5) is 5.13 Å². The first-order chi connectivity index (χ1) is 11.9. The van der Waals surface area contributed by atoms with E-state index in [1.54, 1.807) is 17.6 Å². The lowest BCUT2D eigenvalue weighted by atomic mass is 10.2. The van der Waals surface area contributed by atoms with E-state index in [9.17, 15) is 0 Å². The fraction of sp³-hybridized carbons (Fsp3) is 0.353. The second kappa shape index (κ2) is 7.11. The van der Waals surface area contributed by atoms with Gasteiger partial charge in [0.1, 0.15) is 11.3 Å². The minimum Gasteiger partial charge on any atom is -0.364 e. The molecule has 0 atom stereocenters. The van der Waals surface area contributed by atoms with E-state index < -0.39 is 0 Å². The maximum absolute atomic E-state index is 4.89. The van der Waals surface area contributed by atoms with Gasteiger partial charge in [0.05, 0.1) is 5.69 Å². The molecular weight excluding hydrogens is 322 g/mol. The predicted octanol–water partition coefficient (Wildman–Crippen LogP) is 2.44. The molecule has 1 fully saturated rings. The second-order valence-corrected chi connectivity index (χ2v) is 6.94. The van der Waals surface area contributed by atoms with Crippen molar-refractivity contribution < 1.29 is 4.52 Å². The Hall–Kier alpha value is -2.25. The first kappa shape index (κ1) is 15.3. The van der Waals surface area contributed by atoms with Crippen LogP contribution in [0.25, 0.3) is 0 Å². The summed E-state index contributed by atoms with van der Waals surface area (Å²) in [6, 6.07) is 12.3. The van der Waals surface area contributed by atoms with Crippen molar-refractivity contribution in [2.45, 2.75) is 13.0 Å². The molecule has 0 spiro atoms. The van der Waals surface area contributed by atoms with Crippen molar-refractivity contribution in [3.8, 4) is 0 Å². The summed E-state index contributed by atoms with van der Waals surface area (Å²) in [7, 11) is 0. The molecule has 1 aliphatic rings. The van der Waals surface area contributed by atoms with Gasteiger partial charge in [-0.3, -0.25) is 4.90 Å². The average Bonchev–Trinajstić information content (AvgIpc) is 3.29. The van der Waals surface area contributed by atoms with E-state index in [0.29, 0.717) is 0 Å². The Kier molecular flexibility index (Phi) is 4.53. The van der Waals surface area contributed by atoms with Crippen LogP contribution in [0.1, 0.15) is 16.3 Å². The summed E-state index contributed by atoms with van der Waals surface area (Å²) >= 11 is 1.70. The van der Waals surface area contributed by atoms with E-state index in [0.717, 1.165) is 55.0 Å². The van der Waals surface area contributed by atoms with Crippen LogP contribution in [0.3, 0.4) is 0 Å². The normalized spacial score (nSPS) is 15.8. The summed E-state index contributed by atoms with van der Waals surface area (Å²) in [5.41, 5.74) is 2.27. The number of anilines is 1. The lowest BCUT2D eigenvalue weighted by molar-refractivity contribution is 0.242. The number of hydrogen-bond acceptors (Lipinski definition) is 7. The SMILES string of the molecule is c1ccc(Cc2nnc(N3CCN(Cc4ccon4)CC3)s2)cc1. The summed E-state index contributed by atoms with van der Waals surface area (Å²) in [6.07, 6.45) is 2.48. The summed E-state index contributed by atoms with van der Waals surface area (Å²) in [5, 5.41) is 14.8. The molecule has 4 rings (SSSR count). The van der Waals surface area contributed by atoms with Crippen LogP contribution in [0.15, 0.2) is 47.2 Å². The molecule has 0 aliphatic carbocycles. The zero-order chi connectivity index (χ0) is 16.2. The smallest absolute Gasteiger partial charge is 0.208 e. The average molecular weight is 341 g/mol. The molecule has 1 saturated heterocycles. The molecule has 0 unspecified atom stereocenters. The third-order valence-electron chi connectivity index (χ3n) is 4.17. The van der Waals surface area contributed by atoms with E-state index in [-0.39, 0.29) is 0 Å². The van der Waals surface area contributed by atoms with Crippen molar-refractivity contribution in [2.24, 2.45) is 0 Å². The van der Waals surface area contributed by atoms with Crippen LogP contribution in [0.2, 0.25) is 0 Å². The predicted molar refractivity (Wildman–Crippen MR) is 93.2 cm³/mol. The molecule has 0 amide bonds. The number of hydrogen-bond donors (Lipinski definition) is 0. The highest BCUT2D eigenvalue weighted by Gasteiger charge is 2.20. The molecule has 6 nitrogen and oxygen atoms in total. The lowest BCUT2D eigenvalue weighted by Crippen LogP contribution is -2.46. The summed E-state index contributed by atoms with van der Waals surface area (Å²) < 4.78 is 4.89. The second-order valence-electron chi connectivity index (χ2n) is 5.89. The topological polar surface area (TPSA) is 58.3 Å². The zero-order valence-electron chi connectivity index (χ0n) is 13.3. The van der Waals surface area contributed by atoms with Gasteiger partial charge in [0.25, 0.3) is 0 Å². The molecule has 3 heterocycles. The molecular formula is C17H19N5OS. The largest absolute Gasteiger partial charge is 0.364 e. The van der Waals surface area contributed by atoms with Gasteiger partial charge in [-0.15, -0.1) is 10.2 Å². The quantitative estimate of drug-likeness (QED) is 0.710. The maximum Gasteiger partial charge on any atom is 0.208 e. The Balaban J connectivity index is 1.33. The Morgan fingerprint density at radius 2 is 1.83 bits per heavy atom. The van der Waals surface area contributed by atoms with E-state index in [2.05, 4.69) is 49.4 Å². The van der Waals surface area contributed by atoms with Gasteiger partial charge >= 0.3 is 0 Å². The van der Waals surface area contributed by atoms with Crippen LogP contribution in [0, 0.1) is 0 Å². The Labute approximate surface area is 144 Å². The van der Waals surface area contributed by atoms with E-state index >= 15 is 0 Å². The summed E-state index contributed by atoms with van der Waals surface area (Å²) in [4.78, 5) is 4.71. The molecule has 0 N–H and O–H groups in total. The van der Waals surface area contributed by atoms with Crippen molar-refractivity contribution >= 4 is 16.5 Å². The van der Waals surface area contributed by atoms with E-state index in [1.165, 1.54) is 5.56 Å². The van der Waals surface area contributed by atoms with Crippen LogP contribution < -0.4 is 4.90 Å². The summed E-state index contributed by atoms with van der Waals surface area (Å²) in [6.45, 7) is 4.79. The number of nitrogens with zero attached hydrogens (tertiary/aromatic N) is 5.